The molecule has 0 atom stereocenters. The number of hydrogen-bond acceptors (Lipinski definition) is 2. The van der Waals surface area contributed by atoms with Gasteiger partial charge in [0.25, 0.3) is 0 Å². The minimum absolute atomic E-state index is 0.291. The molecule has 0 bridgehead atoms. The van der Waals surface area contributed by atoms with Gasteiger partial charge in [0.15, 0.2) is 0 Å². The van der Waals surface area contributed by atoms with Gasteiger partial charge in [-0.15, -0.1) is 0 Å². The number of ketones is 1. The Balaban J connectivity index is 2.40. The van der Waals surface area contributed by atoms with Crippen molar-refractivity contribution in [2.45, 2.75) is 40.0 Å². The van der Waals surface area contributed by atoms with Gasteiger partial charge in [-0.05, 0) is 44.7 Å². The van der Waals surface area contributed by atoms with Gasteiger partial charge in [0, 0.05) is 0 Å². The van der Waals surface area contributed by atoms with Gasteiger partial charge in [0.1, 0.15) is 5.78 Å². The van der Waals surface area contributed by atoms with Crippen LogP contribution < -0.4 is 0 Å². The van der Waals surface area contributed by atoms with Gasteiger partial charge in [0.05, 0.1) is 6.54 Å². The fraction of sp³-hybridized carbons (Fsp3) is 0.909. The van der Waals surface area contributed by atoms with E-state index in [9.17, 15) is 4.79 Å². The van der Waals surface area contributed by atoms with Crippen molar-refractivity contribution in [3.8, 4) is 0 Å². The van der Waals surface area contributed by atoms with Crippen LogP contribution in [0.15, 0.2) is 0 Å². The lowest BCUT2D eigenvalue weighted by molar-refractivity contribution is -0.118. The molecule has 0 unspecified atom stereocenters. The summed E-state index contributed by atoms with van der Waals surface area (Å²) in [5.41, 5.74) is 0.478. The first-order valence-electron chi connectivity index (χ1n) is 5.21. The predicted molar refractivity (Wildman–Crippen MR) is 54.8 cm³/mol. The van der Waals surface area contributed by atoms with E-state index in [0.29, 0.717) is 17.7 Å². The zero-order valence-electron chi connectivity index (χ0n) is 9.10. The first-order valence-corrected chi connectivity index (χ1v) is 5.21. The highest BCUT2D eigenvalue weighted by atomic mass is 16.1. The summed E-state index contributed by atoms with van der Waals surface area (Å²) in [7, 11) is 0. The molecule has 0 aromatic rings. The minimum Gasteiger partial charge on any atom is -0.299 e. The second-order valence-electron chi connectivity index (χ2n) is 5.00. The van der Waals surface area contributed by atoms with Gasteiger partial charge in [-0.3, -0.25) is 9.69 Å². The Bertz CT molecular complexity index is 187. The van der Waals surface area contributed by atoms with E-state index in [1.807, 2.05) is 0 Å². The minimum atomic E-state index is 0.291. The fourth-order valence-corrected chi connectivity index (χ4v) is 1.95. The molecule has 76 valence electrons. The van der Waals surface area contributed by atoms with E-state index in [1.165, 1.54) is 19.3 Å². The van der Waals surface area contributed by atoms with Crippen LogP contribution in [0.2, 0.25) is 0 Å². The number of carbonyl (C=O) groups is 1. The average molecular weight is 183 g/mol. The van der Waals surface area contributed by atoms with Crippen LogP contribution in [0.5, 0.6) is 0 Å². The number of nitrogens with zero attached hydrogens (tertiary/aromatic N) is 1. The Labute approximate surface area is 81.3 Å². The van der Waals surface area contributed by atoms with Gasteiger partial charge in [-0.2, -0.15) is 0 Å². The molecule has 13 heavy (non-hydrogen) atoms. The molecule has 1 aliphatic rings. The standard InChI is InChI=1S/C11H21NO/c1-10(13)9-12-7-4-5-11(2,3)6-8-12/h4-9H2,1-3H3. The quantitative estimate of drug-likeness (QED) is 0.653. The lowest BCUT2D eigenvalue weighted by Crippen LogP contribution is -2.30. The maximum Gasteiger partial charge on any atom is 0.143 e. The molecule has 1 saturated heterocycles. The maximum absolute atomic E-state index is 10.9. The van der Waals surface area contributed by atoms with Crippen molar-refractivity contribution in [3.63, 3.8) is 0 Å². The van der Waals surface area contributed by atoms with Crippen LogP contribution in [0, 0.1) is 5.41 Å². The predicted octanol–water partition coefficient (Wildman–Crippen LogP) is 2.09. The van der Waals surface area contributed by atoms with Crippen molar-refractivity contribution >= 4 is 5.78 Å². The van der Waals surface area contributed by atoms with Crippen LogP contribution in [0.25, 0.3) is 0 Å². The van der Waals surface area contributed by atoms with Gasteiger partial charge >= 0.3 is 0 Å². The molecule has 0 radical (unpaired) electrons. The molecule has 0 saturated carbocycles. The largest absolute Gasteiger partial charge is 0.299 e. The summed E-state index contributed by atoms with van der Waals surface area (Å²) >= 11 is 0. The summed E-state index contributed by atoms with van der Waals surface area (Å²) in [6, 6.07) is 0. The van der Waals surface area contributed by atoms with Crippen LogP contribution in [0.3, 0.4) is 0 Å². The molecule has 1 rings (SSSR count). The normalized spacial score (nSPS) is 23.9. The number of carbonyl (C=O) groups excluding carboxylic acids is 1. The first-order chi connectivity index (χ1) is 5.99. The van der Waals surface area contributed by atoms with Crippen LogP contribution in [-0.4, -0.2) is 30.3 Å². The van der Waals surface area contributed by atoms with Crippen LogP contribution in [-0.2, 0) is 4.79 Å². The average Bonchev–Trinajstić information content (AvgIpc) is 2.12. The maximum atomic E-state index is 10.9. The van der Waals surface area contributed by atoms with E-state index < -0.39 is 0 Å². The molecule has 0 aliphatic carbocycles. The van der Waals surface area contributed by atoms with Gasteiger partial charge in [-0.1, -0.05) is 13.8 Å². The summed E-state index contributed by atoms with van der Waals surface area (Å²) in [4.78, 5) is 13.2. The smallest absolute Gasteiger partial charge is 0.143 e. The Morgan fingerprint density at radius 1 is 1.31 bits per heavy atom. The molecule has 1 heterocycles. The highest BCUT2D eigenvalue weighted by molar-refractivity contribution is 5.77. The molecule has 0 N–H and O–H groups in total. The molecule has 1 aliphatic heterocycles. The molecular weight excluding hydrogens is 162 g/mol. The molecule has 0 amide bonds. The zero-order valence-corrected chi connectivity index (χ0v) is 9.10. The summed E-state index contributed by atoms with van der Waals surface area (Å²) in [5.74, 6) is 0.291. The highest BCUT2D eigenvalue weighted by Gasteiger charge is 2.23. The molecule has 0 aromatic heterocycles. The molecule has 0 aromatic carbocycles. The van der Waals surface area contributed by atoms with Gasteiger partial charge < -0.3 is 0 Å². The zero-order chi connectivity index (χ0) is 9.90. The van der Waals surface area contributed by atoms with Crippen molar-refractivity contribution in [1.29, 1.82) is 0 Å². The van der Waals surface area contributed by atoms with Crippen molar-refractivity contribution in [2.75, 3.05) is 19.6 Å². The fourth-order valence-electron chi connectivity index (χ4n) is 1.95. The SMILES string of the molecule is CC(=O)CN1CCCC(C)(C)CC1. The van der Waals surface area contributed by atoms with E-state index in [4.69, 9.17) is 0 Å². The topological polar surface area (TPSA) is 20.3 Å². The monoisotopic (exact) mass is 183 g/mol. The number of likely N-dealkylation sites (tertiary alicyclic amines) is 1. The second-order valence-corrected chi connectivity index (χ2v) is 5.00. The molecule has 2 nitrogen and oxygen atoms in total. The molecular formula is C11H21NO. The van der Waals surface area contributed by atoms with Crippen molar-refractivity contribution in [2.24, 2.45) is 5.41 Å². The van der Waals surface area contributed by atoms with Crippen molar-refractivity contribution in [1.82, 2.24) is 4.90 Å². The summed E-state index contributed by atoms with van der Waals surface area (Å²) < 4.78 is 0. The number of Topliss-reactive ketones (excluding diaryl/α,β-unsaturated/α-hetero) is 1. The lowest BCUT2D eigenvalue weighted by Gasteiger charge is -2.22. The van der Waals surface area contributed by atoms with E-state index in [-0.39, 0.29) is 0 Å². The Morgan fingerprint density at radius 2 is 2.00 bits per heavy atom. The van der Waals surface area contributed by atoms with Crippen molar-refractivity contribution in [3.05, 3.63) is 0 Å². The lowest BCUT2D eigenvalue weighted by atomic mass is 9.85. The Morgan fingerprint density at radius 3 is 2.62 bits per heavy atom. The van der Waals surface area contributed by atoms with Crippen LogP contribution in [0.4, 0.5) is 0 Å². The molecule has 2 heteroatoms. The molecule has 0 spiro atoms. The summed E-state index contributed by atoms with van der Waals surface area (Å²) in [6.07, 6.45) is 3.75. The Hall–Kier alpha value is -0.370. The van der Waals surface area contributed by atoms with E-state index in [0.717, 1.165) is 13.1 Å². The first kappa shape index (κ1) is 10.7. The van der Waals surface area contributed by atoms with Crippen LogP contribution in [0.1, 0.15) is 40.0 Å². The molecule has 1 fully saturated rings. The number of hydrogen-bond donors (Lipinski definition) is 0. The summed E-state index contributed by atoms with van der Waals surface area (Å²) in [5, 5.41) is 0. The van der Waals surface area contributed by atoms with E-state index in [1.54, 1.807) is 6.92 Å². The summed E-state index contributed by atoms with van der Waals surface area (Å²) in [6.45, 7) is 9.16. The number of rotatable bonds is 2. The second kappa shape index (κ2) is 4.23. The third kappa shape index (κ3) is 3.90. The van der Waals surface area contributed by atoms with E-state index in [2.05, 4.69) is 18.7 Å². The third-order valence-electron chi connectivity index (χ3n) is 2.88. The third-order valence-corrected chi connectivity index (χ3v) is 2.88. The Kier molecular flexibility index (Phi) is 3.48. The van der Waals surface area contributed by atoms with Gasteiger partial charge in [-0.25, -0.2) is 0 Å². The van der Waals surface area contributed by atoms with Crippen molar-refractivity contribution < 1.29 is 4.79 Å². The van der Waals surface area contributed by atoms with E-state index >= 15 is 0 Å². The highest BCUT2D eigenvalue weighted by Crippen LogP contribution is 2.29. The van der Waals surface area contributed by atoms with Crippen LogP contribution >= 0.6 is 0 Å². The van der Waals surface area contributed by atoms with Gasteiger partial charge in [0.2, 0.25) is 0 Å².